The Labute approximate surface area is 130 Å². The zero-order valence-corrected chi connectivity index (χ0v) is 12.9. The SMILES string of the molecule is COc1cccc(CN2CCC[C@@](O)(CNCCO)C2=O)c1. The lowest BCUT2D eigenvalue weighted by atomic mass is 9.91. The molecule has 6 nitrogen and oxygen atoms in total. The van der Waals surface area contributed by atoms with Crippen molar-refractivity contribution in [3.63, 3.8) is 0 Å². The number of piperidine rings is 1. The number of hydrogen-bond acceptors (Lipinski definition) is 5. The molecule has 0 aliphatic carbocycles. The summed E-state index contributed by atoms with van der Waals surface area (Å²) in [5, 5.41) is 22.3. The molecule has 1 aromatic rings. The van der Waals surface area contributed by atoms with Crippen LogP contribution in [0.3, 0.4) is 0 Å². The van der Waals surface area contributed by atoms with Gasteiger partial charge < -0.3 is 25.2 Å². The lowest BCUT2D eigenvalue weighted by Crippen LogP contribution is -2.57. The van der Waals surface area contributed by atoms with Crippen molar-refractivity contribution >= 4 is 5.91 Å². The van der Waals surface area contributed by atoms with Crippen molar-refractivity contribution in [1.82, 2.24) is 10.2 Å². The molecule has 6 heteroatoms. The van der Waals surface area contributed by atoms with Gasteiger partial charge in [0, 0.05) is 26.2 Å². The maximum absolute atomic E-state index is 12.5. The molecular formula is C16H24N2O4. The molecule has 1 fully saturated rings. The van der Waals surface area contributed by atoms with E-state index in [-0.39, 0.29) is 19.1 Å². The molecule has 1 aliphatic heterocycles. The van der Waals surface area contributed by atoms with Gasteiger partial charge in [0.15, 0.2) is 5.60 Å². The molecule has 0 unspecified atom stereocenters. The molecule has 0 bridgehead atoms. The normalized spacial score (nSPS) is 22.0. The van der Waals surface area contributed by atoms with Crippen LogP contribution in [0.2, 0.25) is 0 Å². The Morgan fingerprint density at radius 1 is 1.45 bits per heavy atom. The highest BCUT2D eigenvalue weighted by Crippen LogP contribution is 2.24. The topological polar surface area (TPSA) is 82.0 Å². The summed E-state index contributed by atoms with van der Waals surface area (Å²) >= 11 is 0. The number of aliphatic hydroxyl groups is 2. The van der Waals surface area contributed by atoms with Crippen LogP contribution in [-0.2, 0) is 11.3 Å². The second-order valence-corrected chi connectivity index (χ2v) is 5.61. The van der Waals surface area contributed by atoms with Gasteiger partial charge >= 0.3 is 0 Å². The van der Waals surface area contributed by atoms with Gasteiger partial charge in [0.05, 0.1) is 13.7 Å². The first kappa shape index (κ1) is 16.7. The van der Waals surface area contributed by atoms with Crippen molar-refractivity contribution in [2.45, 2.75) is 25.0 Å². The second-order valence-electron chi connectivity index (χ2n) is 5.61. The highest BCUT2D eigenvalue weighted by molar-refractivity contribution is 5.86. The number of carbonyl (C=O) groups is 1. The smallest absolute Gasteiger partial charge is 0.256 e. The van der Waals surface area contributed by atoms with Gasteiger partial charge in [-0.25, -0.2) is 0 Å². The Bertz CT molecular complexity index is 509. The Kier molecular flexibility index (Phi) is 5.76. The Morgan fingerprint density at radius 2 is 2.27 bits per heavy atom. The van der Waals surface area contributed by atoms with Crippen LogP contribution in [0.25, 0.3) is 0 Å². The summed E-state index contributed by atoms with van der Waals surface area (Å²) in [7, 11) is 1.61. The number of benzene rings is 1. The zero-order valence-electron chi connectivity index (χ0n) is 12.9. The molecule has 0 radical (unpaired) electrons. The largest absolute Gasteiger partial charge is 0.497 e. The molecule has 1 heterocycles. The number of aliphatic hydroxyl groups excluding tert-OH is 1. The second kappa shape index (κ2) is 7.58. The predicted molar refractivity (Wildman–Crippen MR) is 82.6 cm³/mol. The molecule has 0 saturated carbocycles. The molecule has 1 aromatic carbocycles. The third kappa shape index (κ3) is 3.97. The van der Waals surface area contributed by atoms with E-state index >= 15 is 0 Å². The van der Waals surface area contributed by atoms with Gasteiger partial charge in [0.1, 0.15) is 5.75 Å². The molecule has 0 spiro atoms. The minimum atomic E-state index is -1.38. The fourth-order valence-electron chi connectivity index (χ4n) is 2.75. The maximum Gasteiger partial charge on any atom is 0.256 e. The van der Waals surface area contributed by atoms with Crippen molar-refractivity contribution in [3.8, 4) is 5.75 Å². The number of nitrogens with zero attached hydrogens (tertiary/aromatic N) is 1. The van der Waals surface area contributed by atoms with Crippen LogP contribution in [0, 0.1) is 0 Å². The molecule has 1 amide bonds. The summed E-state index contributed by atoms with van der Waals surface area (Å²) in [5.41, 5.74) is -0.410. The van der Waals surface area contributed by atoms with Crippen molar-refractivity contribution < 1.29 is 19.7 Å². The number of likely N-dealkylation sites (tertiary alicyclic amines) is 1. The van der Waals surface area contributed by atoms with E-state index in [0.717, 1.165) is 17.7 Å². The van der Waals surface area contributed by atoms with Gasteiger partial charge in [0.2, 0.25) is 0 Å². The summed E-state index contributed by atoms with van der Waals surface area (Å²) in [5.74, 6) is 0.494. The van der Waals surface area contributed by atoms with Gasteiger partial charge in [-0.2, -0.15) is 0 Å². The van der Waals surface area contributed by atoms with Gasteiger partial charge in [-0.3, -0.25) is 4.79 Å². The highest BCUT2D eigenvalue weighted by Gasteiger charge is 2.41. The number of nitrogens with one attached hydrogen (secondary N) is 1. The van der Waals surface area contributed by atoms with E-state index in [9.17, 15) is 9.90 Å². The molecule has 22 heavy (non-hydrogen) atoms. The minimum absolute atomic E-state index is 0.0161. The number of ether oxygens (including phenoxy) is 1. The summed E-state index contributed by atoms with van der Waals surface area (Å²) in [6, 6.07) is 7.58. The lowest BCUT2D eigenvalue weighted by molar-refractivity contribution is -0.157. The van der Waals surface area contributed by atoms with Crippen LogP contribution < -0.4 is 10.1 Å². The minimum Gasteiger partial charge on any atom is -0.497 e. The Morgan fingerprint density at radius 3 is 3.00 bits per heavy atom. The summed E-state index contributed by atoms with van der Waals surface area (Å²) < 4.78 is 5.19. The van der Waals surface area contributed by atoms with E-state index in [1.807, 2.05) is 24.3 Å². The van der Waals surface area contributed by atoms with Crippen LogP contribution in [0.1, 0.15) is 18.4 Å². The van der Waals surface area contributed by atoms with Gasteiger partial charge in [-0.05, 0) is 30.5 Å². The molecule has 1 aliphatic rings. The van der Waals surface area contributed by atoms with Crippen LogP contribution >= 0.6 is 0 Å². The van der Waals surface area contributed by atoms with E-state index < -0.39 is 5.60 Å². The van der Waals surface area contributed by atoms with Crippen LogP contribution in [-0.4, -0.2) is 60.0 Å². The average Bonchev–Trinajstić information content (AvgIpc) is 2.52. The molecule has 122 valence electrons. The van der Waals surface area contributed by atoms with Crippen molar-refractivity contribution in [2.75, 3.05) is 33.4 Å². The Hall–Kier alpha value is -1.63. The highest BCUT2D eigenvalue weighted by atomic mass is 16.5. The van der Waals surface area contributed by atoms with E-state index in [2.05, 4.69) is 5.32 Å². The first-order valence-electron chi connectivity index (χ1n) is 7.55. The van der Waals surface area contributed by atoms with Gasteiger partial charge in [0.25, 0.3) is 5.91 Å². The van der Waals surface area contributed by atoms with Gasteiger partial charge in [-0.1, -0.05) is 12.1 Å². The molecule has 1 atom stereocenters. The number of amides is 1. The molecule has 1 saturated heterocycles. The van der Waals surface area contributed by atoms with Crippen molar-refractivity contribution in [3.05, 3.63) is 29.8 Å². The number of carbonyl (C=O) groups excluding carboxylic acids is 1. The molecule has 2 rings (SSSR count). The standard InChI is InChI=1S/C16H24N2O4/c1-22-14-5-2-4-13(10-14)11-18-8-3-6-16(21,15(18)20)12-17-7-9-19/h2,4-5,10,17,19,21H,3,6-9,11-12H2,1H3/t16-/m1/s1. The maximum atomic E-state index is 12.5. The van der Waals surface area contributed by atoms with Crippen molar-refractivity contribution in [2.24, 2.45) is 0 Å². The average molecular weight is 308 g/mol. The first-order valence-corrected chi connectivity index (χ1v) is 7.55. The third-order valence-corrected chi connectivity index (χ3v) is 3.92. The van der Waals surface area contributed by atoms with Crippen molar-refractivity contribution in [1.29, 1.82) is 0 Å². The number of methoxy groups -OCH3 is 1. The zero-order chi connectivity index (χ0) is 16.0. The van der Waals surface area contributed by atoms with Crippen LogP contribution in [0.4, 0.5) is 0 Å². The monoisotopic (exact) mass is 308 g/mol. The quantitative estimate of drug-likeness (QED) is 0.624. The van der Waals surface area contributed by atoms with Crippen LogP contribution in [0.5, 0.6) is 5.75 Å². The van der Waals surface area contributed by atoms with E-state index in [1.54, 1.807) is 12.0 Å². The summed E-state index contributed by atoms with van der Waals surface area (Å²) in [4.78, 5) is 14.2. The van der Waals surface area contributed by atoms with Gasteiger partial charge in [-0.15, -0.1) is 0 Å². The van der Waals surface area contributed by atoms with E-state index in [0.29, 0.717) is 26.1 Å². The number of hydrogen-bond donors (Lipinski definition) is 3. The third-order valence-electron chi connectivity index (χ3n) is 3.92. The first-order chi connectivity index (χ1) is 10.6. The fraction of sp³-hybridized carbons (Fsp3) is 0.562. The van der Waals surface area contributed by atoms with Crippen LogP contribution in [0.15, 0.2) is 24.3 Å². The fourth-order valence-corrected chi connectivity index (χ4v) is 2.75. The van der Waals surface area contributed by atoms with E-state index in [4.69, 9.17) is 9.84 Å². The predicted octanol–water partition coefficient (Wildman–Crippen LogP) is 0.131. The molecule has 0 aromatic heterocycles. The van der Waals surface area contributed by atoms with E-state index in [1.165, 1.54) is 0 Å². The number of rotatable bonds is 7. The molecule has 3 N–H and O–H groups in total. The molecular weight excluding hydrogens is 284 g/mol. The summed E-state index contributed by atoms with van der Waals surface area (Å²) in [6.07, 6.45) is 1.20. The lowest BCUT2D eigenvalue weighted by Gasteiger charge is -2.38. The Balaban J connectivity index is 2.02. The summed E-state index contributed by atoms with van der Waals surface area (Å²) in [6.45, 7) is 1.61.